The van der Waals surface area contributed by atoms with Gasteiger partial charge in [-0.3, -0.25) is 9.89 Å². The highest BCUT2D eigenvalue weighted by molar-refractivity contribution is 14.0. The summed E-state index contributed by atoms with van der Waals surface area (Å²) in [6, 6.07) is 6.70. The third-order valence-corrected chi connectivity index (χ3v) is 6.71. The Hall–Kier alpha value is -1.46. The fraction of sp³-hybridized carbons (Fsp3) is 0.550. The Balaban J connectivity index is 0.00000240. The predicted molar refractivity (Wildman–Crippen MR) is 130 cm³/mol. The molecule has 0 aliphatic carbocycles. The summed E-state index contributed by atoms with van der Waals surface area (Å²) in [6.07, 6.45) is 6.02. The van der Waals surface area contributed by atoms with E-state index < -0.39 is 0 Å². The summed E-state index contributed by atoms with van der Waals surface area (Å²) in [5.74, 6) is 1.99. The molecule has 0 aromatic carbocycles. The Morgan fingerprint density at radius 2 is 1.93 bits per heavy atom. The van der Waals surface area contributed by atoms with Gasteiger partial charge in [0.15, 0.2) is 5.96 Å². The summed E-state index contributed by atoms with van der Waals surface area (Å²) >= 11 is 1.85. The molecule has 0 saturated carbocycles. The van der Waals surface area contributed by atoms with Crippen LogP contribution in [0.2, 0.25) is 0 Å². The van der Waals surface area contributed by atoms with E-state index in [2.05, 4.69) is 49.2 Å². The summed E-state index contributed by atoms with van der Waals surface area (Å²) in [5, 5.41) is 2.17. The highest BCUT2D eigenvalue weighted by atomic mass is 127. The Labute approximate surface area is 194 Å². The molecule has 0 radical (unpaired) electrons. The summed E-state index contributed by atoms with van der Waals surface area (Å²) in [7, 11) is 2.23. The number of hydrogen-bond donors (Lipinski definition) is 1. The first kappa shape index (κ1) is 22.2. The maximum absolute atomic E-state index is 6.36. The molecular weight excluding hydrogens is 497 g/mol. The van der Waals surface area contributed by atoms with Crippen LogP contribution in [0.5, 0.6) is 0 Å². The number of piperidine rings is 1. The Morgan fingerprint density at radius 1 is 1.17 bits per heavy atom. The van der Waals surface area contributed by atoms with Gasteiger partial charge >= 0.3 is 0 Å². The van der Waals surface area contributed by atoms with Gasteiger partial charge in [-0.1, -0.05) is 6.07 Å². The molecule has 9 heteroatoms. The molecule has 0 amide bonds. The van der Waals surface area contributed by atoms with Crippen LogP contribution in [-0.2, 0) is 0 Å². The van der Waals surface area contributed by atoms with Gasteiger partial charge in [-0.2, -0.15) is 0 Å². The number of anilines is 1. The first-order valence-electron chi connectivity index (χ1n) is 10.0. The van der Waals surface area contributed by atoms with Crippen molar-refractivity contribution < 1.29 is 0 Å². The van der Waals surface area contributed by atoms with Gasteiger partial charge in [-0.05, 0) is 49.9 Å². The van der Waals surface area contributed by atoms with Gasteiger partial charge in [-0.15, -0.1) is 35.3 Å². The summed E-state index contributed by atoms with van der Waals surface area (Å²) < 4.78 is 0. The van der Waals surface area contributed by atoms with Crippen LogP contribution in [0.4, 0.5) is 5.95 Å². The molecule has 7 nitrogen and oxygen atoms in total. The number of nitrogens with two attached hydrogens (primary N) is 1. The van der Waals surface area contributed by atoms with Gasteiger partial charge in [0, 0.05) is 56.0 Å². The molecule has 4 rings (SSSR count). The molecule has 29 heavy (non-hydrogen) atoms. The number of likely N-dealkylation sites (tertiary alicyclic amines) is 1. The van der Waals surface area contributed by atoms with Crippen LogP contribution in [0.15, 0.2) is 41.0 Å². The zero-order valence-corrected chi connectivity index (χ0v) is 20.0. The van der Waals surface area contributed by atoms with Crippen molar-refractivity contribution in [3.05, 3.63) is 40.8 Å². The van der Waals surface area contributed by atoms with E-state index in [1.807, 2.05) is 17.4 Å². The Bertz CT molecular complexity index is 762. The molecule has 2 aliphatic heterocycles. The molecule has 0 spiro atoms. The molecule has 2 aromatic heterocycles. The smallest absolute Gasteiger partial charge is 0.225 e. The minimum Gasteiger partial charge on any atom is -0.370 e. The van der Waals surface area contributed by atoms with Crippen molar-refractivity contribution in [2.75, 3.05) is 51.2 Å². The third-order valence-electron chi connectivity index (χ3n) is 5.77. The Morgan fingerprint density at radius 3 is 2.62 bits per heavy atom. The van der Waals surface area contributed by atoms with Crippen molar-refractivity contribution in [2.45, 2.75) is 18.9 Å². The van der Waals surface area contributed by atoms with Crippen LogP contribution in [0.1, 0.15) is 23.8 Å². The minimum atomic E-state index is 0. The lowest BCUT2D eigenvalue weighted by Gasteiger charge is -2.38. The van der Waals surface area contributed by atoms with Crippen LogP contribution >= 0.6 is 35.3 Å². The number of guanidine groups is 1. The van der Waals surface area contributed by atoms with E-state index in [1.165, 1.54) is 17.7 Å². The standard InChI is InChI=1S/C20H29N7S.HI/c1-25-9-2-5-16(18(25)17-6-3-14-28-17)15-24-19(21)26-10-12-27(13-11-26)20-22-7-4-8-23-20;/h3-4,6-8,14,16,18H,2,5,9-13,15H2,1H3,(H2,21,24);1H. The fourth-order valence-electron chi connectivity index (χ4n) is 4.26. The number of hydrogen-bond acceptors (Lipinski definition) is 6. The van der Waals surface area contributed by atoms with Crippen molar-refractivity contribution in [1.82, 2.24) is 19.8 Å². The highest BCUT2D eigenvalue weighted by Crippen LogP contribution is 2.37. The first-order valence-corrected chi connectivity index (χ1v) is 10.9. The monoisotopic (exact) mass is 527 g/mol. The average Bonchev–Trinajstić information content (AvgIpc) is 3.27. The molecule has 2 aliphatic rings. The topological polar surface area (TPSA) is 73.9 Å². The number of rotatable bonds is 4. The van der Waals surface area contributed by atoms with Gasteiger partial charge in [0.2, 0.25) is 5.95 Å². The minimum absolute atomic E-state index is 0. The zero-order chi connectivity index (χ0) is 19.3. The van der Waals surface area contributed by atoms with Crippen molar-refractivity contribution in [2.24, 2.45) is 16.6 Å². The molecule has 2 atom stereocenters. The van der Waals surface area contributed by atoms with Gasteiger partial charge in [0.05, 0.1) is 0 Å². The Kier molecular flexibility index (Phi) is 8.07. The number of piperazine rings is 1. The molecule has 2 N–H and O–H groups in total. The van der Waals surface area contributed by atoms with E-state index in [4.69, 9.17) is 10.7 Å². The van der Waals surface area contributed by atoms with Crippen molar-refractivity contribution >= 4 is 47.2 Å². The van der Waals surface area contributed by atoms with E-state index >= 15 is 0 Å². The van der Waals surface area contributed by atoms with E-state index in [0.29, 0.717) is 17.9 Å². The van der Waals surface area contributed by atoms with Crippen LogP contribution in [0.3, 0.4) is 0 Å². The summed E-state index contributed by atoms with van der Waals surface area (Å²) in [4.78, 5) is 21.8. The summed E-state index contributed by atoms with van der Waals surface area (Å²) in [6.45, 7) is 5.38. The number of aromatic nitrogens is 2. The average molecular weight is 527 g/mol. The molecule has 0 bridgehead atoms. The van der Waals surface area contributed by atoms with Crippen molar-refractivity contribution in [3.63, 3.8) is 0 Å². The lowest BCUT2D eigenvalue weighted by Crippen LogP contribution is -2.51. The van der Waals surface area contributed by atoms with E-state index in [-0.39, 0.29) is 24.0 Å². The molecule has 4 heterocycles. The second-order valence-corrected chi connectivity index (χ2v) is 8.54. The predicted octanol–water partition coefficient (Wildman–Crippen LogP) is 2.68. The van der Waals surface area contributed by atoms with Gasteiger partial charge < -0.3 is 15.5 Å². The molecule has 2 saturated heterocycles. The number of thiophene rings is 1. The number of nitrogens with zero attached hydrogens (tertiary/aromatic N) is 6. The lowest BCUT2D eigenvalue weighted by molar-refractivity contribution is 0.128. The van der Waals surface area contributed by atoms with Gasteiger partial charge in [-0.25, -0.2) is 9.97 Å². The molecule has 2 fully saturated rings. The summed E-state index contributed by atoms with van der Waals surface area (Å²) in [5.41, 5.74) is 6.36. The maximum Gasteiger partial charge on any atom is 0.225 e. The first-order chi connectivity index (χ1) is 13.7. The van der Waals surface area contributed by atoms with Gasteiger partial charge in [0.25, 0.3) is 0 Å². The van der Waals surface area contributed by atoms with E-state index in [1.54, 1.807) is 12.4 Å². The van der Waals surface area contributed by atoms with Crippen LogP contribution in [-0.4, -0.2) is 72.0 Å². The highest BCUT2D eigenvalue weighted by Gasteiger charge is 2.31. The second kappa shape index (κ2) is 10.5. The lowest BCUT2D eigenvalue weighted by atomic mass is 9.88. The molecule has 158 valence electrons. The number of aliphatic imine (C=N–C) groups is 1. The second-order valence-electron chi connectivity index (χ2n) is 7.56. The van der Waals surface area contributed by atoms with Crippen LogP contribution < -0.4 is 10.6 Å². The van der Waals surface area contributed by atoms with E-state index in [0.717, 1.165) is 45.2 Å². The maximum atomic E-state index is 6.36. The van der Waals surface area contributed by atoms with Crippen molar-refractivity contribution in [3.8, 4) is 0 Å². The van der Waals surface area contributed by atoms with Crippen molar-refractivity contribution in [1.29, 1.82) is 0 Å². The van der Waals surface area contributed by atoms with Crippen LogP contribution in [0, 0.1) is 5.92 Å². The molecular formula is C20H30IN7S. The molecule has 2 aromatic rings. The molecule has 2 unspecified atom stereocenters. The van der Waals surface area contributed by atoms with Gasteiger partial charge in [0.1, 0.15) is 0 Å². The largest absolute Gasteiger partial charge is 0.370 e. The third kappa shape index (κ3) is 5.37. The number of halogens is 1. The van der Waals surface area contributed by atoms with Crippen LogP contribution in [0.25, 0.3) is 0 Å². The van der Waals surface area contributed by atoms with E-state index in [9.17, 15) is 0 Å². The zero-order valence-electron chi connectivity index (χ0n) is 16.9. The quantitative estimate of drug-likeness (QED) is 0.375. The fourth-order valence-corrected chi connectivity index (χ4v) is 5.24. The normalized spacial score (nSPS) is 23.7. The SMILES string of the molecule is CN1CCCC(CN=C(N)N2CCN(c3ncccn3)CC2)C1c1cccs1.I.